The minimum absolute atomic E-state index is 0.0641. The number of hydrogen-bond acceptors (Lipinski definition) is 9. The molecule has 0 unspecified atom stereocenters. The second-order valence-electron chi connectivity index (χ2n) is 13.4. The largest absolute Gasteiger partial charge is 0.481 e. The molecule has 4 N–H and O–H groups in total. The molecule has 1 saturated heterocycles. The Morgan fingerprint density at radius 1 is 1.08 bits per heavy atom. The number of amides is 1. The zero-order valence-corrected chi connectivity index (χ0v) is 30.5. The van der Waals surface area contributed by atoms with E-state index in [0.717, 1.165) is 6.42 Å². The average Bonchev–Trinajstić information content (AvgIpc) is 3.71. The summed E-state index contributed by atoms with van der Waals surface area (Å²) in [5.74, 6) is 0.988. The molecule has 5 heterocycles. The van der Waals surface area contributed by atoms with Crippen LogP contribution in [0.3, 0.4) is 0 Å². The molecule has 1 saturated carbocycles. The number of ether oxygens (including phenoxy) is 1. The highest BCUT2D eigenvalue weighted by molar-refractivity contribution is 6.39. The number of methoxy groups -OCH3 is 1. The van der Waals surface area contributed by atoms with Gasteiger partial charge < -0.3 is 25.8 Å². The van der Waals surface area contributed by atoms with Crippen LogP contribution in [0.2, 0.25) is 15.1 Å². The number of carbonyl (C=O) groups excluding carboxylic acids is 1. The van der Waals surface area contributed by atoms with Gasteiger partial charge in [-0.25, -0.2) is 9.50 Å². The fraction of sp³-hybridized carbons (Fsp3) is 0.361. The zero-order chi connectivity index (χ0) is 36.0. The zero-order valence-electron chi connectivity index (χ0n) is 28.3. The van der Waals surface area contributed by atoms with Crippen molar-refractivity contribution in [2.45, 2.75) is 63.4 Å². The first kappa shape index (κ1) is 35.4. The van der Waals surface area contributed by atoms with Crippen molar-refractivity contribution in [2.75, 3.05) is 13.7 Å². The fourth-order valence-electron chi connectivity index (χ4n) is 6.82. The van der Waals surface area contributed by atoms with Crippen LogP contribution in [-0.4, -0.2) is 66.5 Å². The smallest absolute Gasteiger partial charge is 0.277 e. The molecule has 5 aromatic rings. The lowest BCUT2D eigenvalue weighted by Crippen LogP contribution is -2.51. The monoisotopic (exact) mass is 750 g/mol. The van der Waals surface area contributed by atoms with Crippen LogP contribution in [0.1, 0.15) is 44.0 Å². The summed E-state index contributed by atoms with van der Waals surface area (Å²) in [5, 5.41) is 25.6. The summed E-state index contributed by atoms with van der Waals surface area (Å²) in [6.45, 7) is 3.21. The highest BCUT2D eigenvalue weighted by atomic mass is 35.5. The molecule has 7 rings (SSSR count). The van der Waals surface area contributed by atoms with Crippen LogP contribution in [0.4, 0.5) is 0 Å². The Hall–Kier alpha value is -4.04. The van der Waals surface area contributed by atoms with Crippen molar-refractivity contribution in [3.63, 3.8) is 0 Å². The SMILES string of the molecule is COc1nc(-c2cccc(-c3ccnc(-c4cc5c(=O)n(C)c(CN[C@H]6C[C@](C)(O)C6)nn5c4)c3Cl)c2Cl)cc(Cl)c1CNC[C@@H]1CCC(=O)N1. The molecule has 1 amide bonds. The Balaban J connectivity index is 1.16. The highest BCUT2D eigenvalue weighted by Gasteiger charge is 2.38. The van der Waals surface area contributed by atoms with Gasteiger partial charge in [0, 0.05) is 78.9 Å². The molecule has 15 heteroatoms. The first-order valence-electron chi connectivity index (χ1n) is 16.6. The molecule has 4 aromatic heterocycles. The molecule has 0 radical (unpaired) electrons. The third-order valence-electron chi connectivity index (χ3n) is 9.59. The van der Waals surface area contributed by atoms with Gasteiger partial charge in [-0.15, -0.1) is 0 Å². The number of aliphatic hydroxyl groups is 1. The van der Waals surface area contributed by atoms with E-state index in [2.05, 4.69) is 20.9 Å². The van der Waals surface area contributed by atoms with Gasteiger partial charge in [-0.3, -0.25) is 19.1 Å². The summed E-state index contributed by atoms with van der Waals surface area (Å²) in [6.07, 6.45) is 6.01. The quantitative estimate of drug-likeness (QED) is 0.144. The third kappa shape index (κ3) is 7.09. The van der Waals surface area contributed by atoms with Gasteiger partial charge in [-0.2, -0.15) is 5.10 Å². The Morgan fingerprint density at radius 3 is 2.57 bits per heavy atom. The van der Waals surface area contributed by atoms with Crippen molar-refractivity contribution >= 4 is 46.2 Å². The fourth-order valence-corrected chi connectivity index (χ4v) is 7.72. The van der Waals surface area contributed by atoms with Crippen molar-refractivity contribution in [3.05, 3.63) is 85.6 Å². The Labute approximate surface area is 309 Å². The van der Waals surface area contributed by atoms with Crippen molar-refractivity contribution < 1.29 is 14.6 Å². The van der Waals surface area contributed by atoms with E-state index in [1.165, 1.54) is 11.7 Å². The number of hydrogen-bond donors (Lipinski definition) is 4. The lowest BCUT2D eigenvalue weighted by molar-refractivity contribution is -0.119. The van der Waals surface area contributed by atoms with E-state index < -0.39 is 5.60 Å². The van der Waals surface area contributed by atoms with E-state index in [9.17, 15) is 14.7 Å². The number of carbonyl (C=O) groups is 1. The van der Waals surface area contributed by atoms with Gasteiger partial charge in [0.05, 0.1) is 45.7 Å². The highest BCUT2D eigenvalue weighted by Crippen LogP contribution is 2.42. The van der Waals surface area contributed by atoms with Crippen molar-refractivity contribution in [1.82, 2.24) is 40.1 Å². The van der Waals surface area contributed by atoms with Crippen LogP contribution in [-0.2, 0) is 24.9 Å². The van der Waals surface area contributed by atoms with Crippen LogP contribution >= 0.6 is 34.8 Å². The third-order valence-corrected chi connectivity index (χ3v) is 10.7. The van der Waals surface area contributed by atoms with Crippen molar-refractivity contribution in [1.29, 1.82) is 0 Å². The summed E-state index contributed by atoms with van der Waals surface area (Å²) < 4.78 is 8.71. The summed E-state index contributed by atoms with van der Waals surface area (Å²) in [7, 11) is 3.23. The molecular weight excluding hydrogens is 715 g/mol. The number of benzene rings is 1. The van der Waals surface area contributed by atoms with Crippen molar-refractivity contribution in [2.24, 2.45) is 7.05 Å². The molecule has 12 nitrogen and oxygen atoms in total. The van der Waals surface area contributed by atoms with Crippen LogP contribution in [0.5, 0.6) is 5.88 Å². The number of nitrogens with one attached hydrogen (secondary N) is 3. The second kappa shape index (κ2) is 14.2. The van der Waals surface area contributed by atoms with Gasteiger partial charge >= 0.3 is 0 Å². The molecule has 51 heavy (non-hydrogen) atoms. The van der Waals surface area contributed by atoms with E-state index in [4.69, 9.17) is 49.6 Å². The van der Waals surface area contributed by atoms with Gasteiger partial charge in [0.15, 0.2) is 0 Å². The van der Waals surface area contributed by atoms with E-state index >= 15 is 0 Å². The maximum atomic E-state index is 13.3. The standard InChI is InChI=1S/C36H37Cl3N8O4/c1-36(50)13-21(14-36)42-17-29-45-47-18-19(11-28(47)35(49)46(29)2)33-32(39)23(9-10-41-33)22-5-4-6-24(31(22)38)27-12-26(37)25(34(44-27)51-3)16-40-15-20-7-8-30(48)43-20/h4-6,9-12,18,20-21,40,42,50H,7-8,13-17H2,1-3H3,(H,43,48)/t20-,21-,36-/m0/s1. The van der Waals surface area contributed by atoms with Gasteiger partial charge in [0.2, 0.25) is 11.8 Å². The van der Waals surface area contributed by atoms with Gasteiger partial charge in [-0.05, 0) is 44.4 Å². The maximum absolute atomic E-state index is 13.3. The summed E-state index contributed by atoms with van der Waals surface area (Å²) in [5.41, 5.74) is 3.76. The number of halogens is 3. The first-order valence-corrected chi connectivity index (χ1v) is 17.8. The number of nitrogens with zero attached hydrogens (tertiary/aromatic N) is 5. The van der Waals surface area contributed by atoms with Gasteiger partial charge in [0.25, 0.3) is 5.56 Å². The Morgan fingerprint density at radius 2 is 1.84 bits per heavy atom. The molecule has 1 aliphatic heterocycles. The predicted octanol–water partition coefficient (Wildman–Crippen LogP) is 5.16. The molecule has 0 spiro atoms. The normalized spacial score (nSPS) is 20.1. The topological polar surface area (TPSA) is 148 Å². The van der Waals surface area contributed by atoms with Crippen LogP contribution in [0.25, 0.3) is 39.2 Å². The van der Waals surface area contributed by atoms with E-state index in [1.54, 1.807) is 42.2 Å². The molecule has 1 aromatic carbocycles. The first-order chi connectivity index (χ1) is 24.4. The summed E-state index contributed by atoms with van der Waals surface area (Å²) >= 11 is 20.9. The minimum Gasteiger partial charge on any atom is -0.481 e. The Kier molecular flexibility index (Phi) is 9.83. The number of aromatic nitrogens is 5. The molecule has 0 bridgehead atoms. The molecule has 2 aliphatic rings. The maximum Gasteiger partial charge on any atom is 0.277 e. The average molecular weight is 752 g/mol. The minimum atomic E-state index is -0.651. The number of fused-ring (bicyclic) bond motifs is 1. The lowest BCUT2D eigenvalue weighted by atomic mass is 9.77. The molecular formula is C36H37Cl3N8O4. The molecule has 2 fully saturated rings. The summed E-state index contributed by atoms with van der Waals surface area (Å²) in [6, 6.07) is 11.1. The lowest BCUT2D eigenvalue weighted by Gasteiger charge is -2.41. The molecule has 1 atom stereocenters. The van der Waals surface area contributed by atoms with Gasteiger partial charge in [0.1, 0.15) is 11.3 Å². The van der Waals surface area contributed by atoms with Gasteiger partial charge in [-0.1, -0.05) is 53.0 Å². The van der Waals surface area contributed by atoms with Crippen LogP contribution in [0.15, 0.2) is 53.6 Å². The summed E-state index contributed by atoms with van der Waals surface area (Å²) in [4.78, 5) is 34.2. The van der Waals surface area contributed by atoms with Crippen LogP contribution < -0.4 is 26.2 Å². The van der Waals surface area contributed by atoms with Crippen molar-refractivity contribution in [3.8, 4) is 39.5 Å². The predicted molar refractivity (Wildman–Crippen MR) is 197 cm³/mol. The number of pyridine rings is 2. The molecule has 266 valence electrons. The van der Waals surface area contributed by atoms with E-state index in [0.29, 0.717) is 110 Å². The Bertz CT molecular complexity index is 2210. The second-order valence-corrected chi connectivity index (χ2v) is 14.6. The number of rotatable bonds is 11. The van der Waals surface area contributed by atoms with E-state index in [1.807, 2.05) is 25.1 Å². The van der Waals surface area contributed by atoms with E-state index in [-0.39, 0.29) is 23.6 Å². The van der Waals surface area contributed by atoms with Crippen LogP contribution in [0, 0.1) is 0 Å². The molecule has 1 aliphatic carbocycles.